The molecule has 1 aliphatic rings. The second kappa shape index (κ2) is 7.60. The van der Waals surface area contributed by atoms with E-state index in [0.29, 0.717) is 4.90 Å². The van der Waals surface area contributed by atoms with E-state index in [-0.39, 0.29) is 12.1 Å². The van der Waals surface area contributed by atoms with Crippen molar-refractivity contribution < 1.29 is 8.42 Å². The molecule has 1 fully saturated rings. The number of aryl methyl sites for hydroxylation is 1. The lowest BCUT2D eigenvalue weighted by Crippen LogP contribution is -2.40. The maximum atomic E-state index is 13.1. The third kappa shape index (κ3) is 3.72. The summed E-state index contributed by atoms with van der Waals surface area (Å²) in [5.74, 6) is 0. The van der Waals surface area contributed by atoms with Gasteiger partial charge in [-0.1, -0.05) is 50.8 Å². The Balaban J connectivity index is 2.25. The van der Waals surface area contributed by atoms with Crippen molar-refractivity contribution in [1.82, 2.24) is 4.31 Å². The highest BCUT2D eigenvalue weighted by molar-refractivity contribution is 7.89. The van der Waals surface area contributed by atoms with Crippen LogP contribution in [0, 0.1) is 6.92 Å². The summed E-state index contributed by atoms with van der Waals surface area (Å²) in [4.78, 5) is 0.443. The Morgan fingerprint density at radius 1 is 1.05 bits per heavy atom. The summed E-state index contributed by atoms with van der Waals surface area (Å²) in [5, 5.41) is 0. The number of sulfonamides is 1. The van der Waals surface area contributed by atoms with Crippen LogP contribution in [0.3, 0.4) is 0 Å². The fourth-order valence-electron chi connectivity index (χ4n) is 3.45. The normalized spacial score (nSPS) is 23.0. The van der Waals surface area contributed by atoms with Gasteiger partial charge in [0.25, 0.3) is 0 Å². The highest BCUT2D eigenvalue weighted by Gasteiger charge is 2.40. The van der Waals surface area contributed by atoms with Gasteiger partial charge >= 0.3 is 0 Å². The van der Waals surface area contributed by atoms with E-state index in [1.54, 1.807) is 12.1 Å². The van der Waals surface area contributed by atoms with Crippen LogP contribution in [0.25, 0.3) is 0 Å². The molecule has 124 valence electrons. The molecule has 0 aromatic heterocycles. The Kier molecular flexibility index (Phi) is 6.04. The minimum atomic E-state index is -3.37. The quantitative estimate of drug-likeness (QED) is 0.692. The largest absolute Gasteiger partial charge is 0.243 e. The molecule has 4 heteroatoms. The average Bonchev–Trinajstić information content (AvgIpc) is 2.92. The lowest BCUT2D eigenvalue weighted by molar-refractivity contribution is 0.299. The van der Waals surface area contributed by atoms with Gasteiger partial charge in [0.1, 0.15) is 0 Å². The van der Waals surface area contributed by atoms with Crippen LogP contribution >= 0.6 is 0 Å². The molecule has 0 N–H and O–H groups in total. The van der Waals surface area contributed by atoms with Gasteiger partial charge in [-0.3, -0.25) is 0 Å². The molecular formula is C18H29NO2S. The molecule has 0 amide bonds. The lowest BCUT2D eigenvalue weighted by atomic mass is 10.1. The molecule has 3 nitrogen and oxygen atoms in total. The van der Waals surface area contributed by atoms with E-state index in [2.05, 4.69) is 13.8 Å². The molecule has 1 aliphatic heterocycles. The first-order valence-electron chi connectivity index (χ1n) is 8.61. The minimum absolute atomic E-state index is 0.165. The van der Waals surface area contributed by atoms with Gasteiger partial charge in [-0.05, 0) is 44.7 Å². The van der Waals surface area contributed by atoms with E-state index >= 15 is 0 Å². The highest BCUT2D eigenvalue weighted by Crippen LogP contribution is 2.35. The molecule has 1 aromatic rings. The van der Waals surface area contributed by atoms with Gasteiger partial charge < -0.3 is 0 Å². The van der Waals surface area contributed by atoms with Crippen LogP contribution in [0.4, 0.5) is 0 Å². The molecule has 1 aromatic carbocycles. The van der Waals surface area contributed by atoms with E-state index < -0.39 is 10.0 Å². The van der Waals surface area contributed by atoms with Crippen molar-refractivity contribution >= 4 is 10.0 Å². The molecule has 0 spiro atoms. The molecule has 0 saturated carbocycles. The van der Waals surface area contributed by atoms with Crippen molar-refractivity contribution in [2.45, 2.75) is 82.7 Å². The van der Waals surface area contributed by atoms with E-state index in [4.69, 9.17) is 0 Å². The van der Waals surface area contributed by atoms with Gasteiger partial charge in [0.05, 0.1) is 4.90 Å². The number of hydrogen-bond acceptors (Lipinski definition) is 2. The number of unbranched alkanes of at least 4 members (excludes halogenated alkanes) is 2. The summed E-state index contributed by atoms with van der Waals surface area (Å²) >= 11 is 0. The summed E-state index contributed by atoms with van der Waals surface area (Å²) in [6.45, 7) is 6.26. The van der Waals surface area contributed by atoms with Gasteiger partial charge in [-0.15, -0.1) is 0 Å². The molecule has 1 saturated heterocycles. The topological polar surface area (TPSA) is 37.4 Å². The predicted molar refractivity (Wildman–Crippen MR) is 91.4 cm³/mol. The molecule has 22 heavy (non-hydrogen) atoms. The molecule has 0 radical (unpaired) electrons. The summed E-state index contributed by atoms with van der Waals surface area (Å²) in [6, 6.07) is 7.62. The van der Waals surface area contributed by atoms with E-state index in [1.165, 1.54) is 12.8 Å². The fraction of sp³-hybridized carbons (Fsp3) is 0.667. The Morgan fingerprint density at radius 2 is 1.68 bits per heavy atom. The second-order valence-electron chi connectivity index (χ2n) is 6.44. The van der Waals surface area contributed by atoms with Crippen molar-refractivity contribution in [3.8, 4) is 0 Å². The molecule has 0 aliphatic carbocycles. The first-order chi connectivity index (χ1) is 10.5. The Morgan fingerprint density at radius 3 is 2.27 bits per heavy atom. The number of nitrogens with zero attached hydrogens (tertiary/aromatic N) is 1. The maximum Gasteiger partial charge on any atom is 0.243 e. The van der Waals surface area contributed by atoms with E-state index in [9.17, 15) is 8.42 Å². The smallest absolute Gasteiger partial charge is 0.207 e. The summed E-state index contributed by atoms with van der Waals surface area (Å²) in [6.07, 6.45) is 7.38. The van der Waals surface area contributed by atoms with Crippen molar-refractivity contribution in [3.63, 3.8) is 0 Å². The average molecular weight is 324 g/mol. The summed E-state index contributed by atoms with van der Waals surface area (Å²) in [5.41, 5.74) is 1.09. The van der Waals surface area contributed by atoms with Crippen LogP contribution in [0.2, 0.25) is 0 Å². The number of hydrogen-bond donors (Lipinski definition) is 0. The zero-order valence-corrected chi connectivity index (χ0v) is 14.9. The van der Waals surface area contributed by atoms with Crippen LogP contribution < -0.4 is 0 Å². The van der Waals surface area contributed by atoms with Gasteiger partial charge in [0.15, 0.2) is 0 Å². The number of benzene rings is 1. The molecule has 1 heterocycles. The van der Waals surface area contributed by atoms with Crippen molar-refractivity contribution in [1.29, 1.82) is 0 Å². The fourth-order valence-corrected chi connectivity index (χ4v) is 5.42. The minimum Gasteiger partial charge on any atom is -0.207 e. The summed E-state index contributed by atoms with van der Waals surface area (Å²) in [7, 11) is -3.37. The SMILES string of the molecule is CCCCC[C@H]1CC[C@H](CC)N1S(=O)(=O)c1ccc(C)cc1. The van der Waals surface area contributed by atoms with E-state index in [1.807, 2.05) is 23.4 Å². The Bertz CT molecular complexity index is 565. The highest BCUT2D eigenvalue weighted by atomic mass is 32.2. The van der Waals surface area contributed by atoms with Gasteiger partial charge in [0.2, 0.25) is 10.0 Å². The van der Waals surface area contributed by atoms with Crippen molar-refractivity contribution in [3.05, 3.63) is 29.8 Å². The van der Waals surface area contributed by atoms with Gasteiger partial charge in [-0.25, -0.2) is 8.42 Å². The first kappa shape index (κ1) is 17.5. The van der Waals surface area contributed by atoms with Crippen LogP contribution in [0.1, 0.15) is 64.4 Å². The molecule has 0 bridgehead atoms. The number of rotatable bonds is 7. The maximum absolute atomic E-state index is 13.1. The first-order valence-corrected chi connectivity index (χ1v) is 10.0. The lowest BCUT2D eigenvalue weighted by Gasteiger charge is -2.29. The molecule has 0 unspecified atom stereocenters. The molecule has 2 rings (SSSR count). The standard InChI is InChI=1S/C18H29NO2S/c1-4-6-7-8-17-12-11-16(5-2)19(17)22(20,21)18-13-9-15(3)10-14-18/h9-10,13-14,16-17H,4-8,11-12H2,1-3H3/t16-,17-/m0/s1. The zero-order chi connectivity index (χ0) is 16.2. The van der Waals surface area contributed by atoms with Crippen LogP contribution in [0.5, 0.6) is 0 Å². The van der Waals surface area contributed by atoms with Crippen LogP contribution in [0.15, 0.2) is 29.2 Å². The zero-order valence-electron chi connectivity index (χ0n) is 14.1. The third-order valence-electron chi connectivity index (χ3n) is 4.76. The predicted octanol–water partition coefficient (Wildman–Crippen LogP) is 4.51. The van der Waals surface area contributed by atoms with Crippen molar-refractivity contribution in [2.75, 3.05) is 0 Å². The molecule has 2 atom stereocenters. The van der Waals surface area contributed by atoms with Gasteiger partial charge in [0, 0.05) is 12.1 Å². The Hall–Kier alpha value is -0.870. The monoisotopic (exact) mass is 323 g/mol. The summed E-state index contributed by atoms with van der Waals surface area (Å²) < 4.78 is 28.0. The second-order valence-corrected chi connectivity index (χ2v) is 8.28. The third-order valence-corrected chi connectivity index (χ3v) is 6.78. The van der Waals surface area contributed by atoms with Crippen molar-refractivity contribution in [2.24, 2.45) is 0 Å². The van der Waals surface area contributed by atoms with Crippen LogP contribution in [-0.2, 0) is 10.0 Å². The molecular weight excluding hydrogens is 294 g/mol. The van der Waals surface area contributed by atoms with Gasteiger partial charge in [-0.2, -0.15) is 4.31 Å². The Labute approximate surface area is 135 Å². The van der Waals surface area contributed by atoms with Crippen LogP contribution in [-0.4, -0.2) is 24.8 Å². The van der Waals surface area contributed by atoms with E-state index in [0.717, 1.165) is 37.7 Å².